The zero-order valence-corrected chi connectivity index (χ0v) is 21.8. The topological polar surface area (TPSA) is 124 Å². The van der Waals surface area contributed by atoms with Gasteiger partial charge in [0.05, 0.1) is 29.4 Å². The van der Waals surface area contributed by atoms with Gasteiger partial charge in [-0.2, -0.15) is 15.1 Å². The first kappa shape index (κ1) is 26.0. The molecule has 0 radical (unpaired) electrons. The van der Waals surface area contributed by atoms with Gasteiger partial charge in [0.2, 0.25) is 11.9 Å². The van der Waals surface area contributed by atoms with Crippen molar-refractivity contribution in [3.8, 4) is 0 Å². The fourth-order valence-corrected chi connectivity index (χ4v) is 4.51. The molecule has 0 bridgehead atoms. The summed E-state index contributed by atoms with van der Waals surface area (Å²) in [4.78, 5) is 41.7. The lowest BCUT2D eigenvalue weighted by molar-refractivity contribution is -0.125. The third kappa shape index (κ3) is 5.80. The number of hydrogen-bond donors (Lipinski definition) is 3. The van der Waals surface area contributed by atoms with E-state index in [9.17, 15) is 14.0 Å². The number of nitrogens with one attached hydrogen (secondary N) is 3. The Bertz CT molecular complexity index is 1510. The van der Waals surface area contributed by atoms with Crippen molar-refractivity contribution >= 4 is 40.2 Å². The van der Waals surface area contributed by atoms with E-state index >= 15 is 0 Å². The van der Waals surface area contributed by atoms with E-state index in [2.05, 4.69) is 37.2 Å². The Morgan fingerprint density at radius 2 is 2.05 bits per heavy atom. The monoisotopic (exact) mass is 531 g/mol. The third-order valence-electron chi connectivity index (χ3n) is 6.56. The number of likely N-dealkylation sites (tertiary alicyclic amines) is 1. The third-order valence-corrected chi connectivity index (χ3v) is 6.56. The van der Waals surface area contributed by atoms with Crippen LogP contribution >= 0.6 is 0 Å². The number of likely N-dealkylation sites (N-methyl/N-ethyl adjacent to an activating group) is 1. The van der Waals surface area contributed by atoms with Crippen molar-refractivity contribution in [2.75, 3.05) is 44.4 Å². The lowest BCUT2D eigenvalue weighted by Crippen LogP contribution is -2.30. The van der Waals surface area contributed by atoms with Gasteiger partial charge >= 0.3 is 0 Å². The van der Waals surface area contributed by atoms with E-state index < -0.39 is 5.82 Å². The summed E-state index contributed by atoms with van der Waals surface area (Å²) < 4.78 is 15.3. The number of benzene rings is 1. The largest absolute Gasteiger partial charge is 0.365 e. The van der Waals surface area contributed by atoms with Gasteiger partial charge in [0, 0.05) is 43.6 Å². The van der Waals surface area contributed by atoms with Crippen molar-refractivity contribution < 1.29 is 14.0 Å². The van der Waals surface area contributed by atoms with E-state index in [1.54, 1.807) is 17.3 Å². The highest BCUT2D eigenvalue weighted by atomic mass is 19.1. The normalized spacial score (nSPS) is 15.2. The zero-order chi connectivity index (χ0) is 27.5. The lowest BCUT2D eigenvalue weighted by Gasteiger charge is -2.17. The van der Waals surface area contributed by atoms with Gasteiger partial charge in [-0.3, -0.25) is 14.3 Å². The van der Waals surface area contributed by atoms with Crippen molar-refractivity contribution in [2.24, 2.45) is 0 Å². The van der Waals surface area contributed by atoms with E-state index in [0.717, 1.165) is 18.8 Å². The molecule has 12 heteroatoms. The number of H-pyrrole nitrogens is 1. The summed E-state index contributed by atoms with van der Waals surface area (Å²) in [5.74, 6) is -0.0686. The number of carbonyl (C=O) groups is 2. The van der Waals surface area contributed by atoms with Crippen LogP contribution in [0.1, 0.15) is 22.3 Å². The predicted octanol–water partition coefficient (Wildman–Crippen LogP) is 3.03. The van der Waals surface area contributed by atoms with Crippen LogP contribution in [0, 0.1) is 5.82 Å². The van der Waals surface area contributed by atoms with Crippen molar-refractivity contribution in [2.45, 2.75) is 19.0 Å². The Balaban J connectivity index is 1.47. The van der Waals surface area contributed by atoms with Gasteiger partial charge in [0.1, 0.15) is 17.3 Å². The second-order valence-electron chi connectivity index (χ2n) is 9.70. The molecule has 0 spiro atoms. The minimum Gasteiger partial charge on any atom is -0.365 e. The number of hydrogen-bond acceptors (Lipinski definition) is 8. The smallest absolute Gasteiger partial charge is 0.246 e. The Morgan fingerprint density at radius 1 is 1.26 bits per heavy atom. The highest BCUT2D eigenvalue weighted by molar-refractivity contribution is 6.18. The van der Waals surface area contributed by atoms with Crippen LogP contribution in [-0.2, 0) is 11.3 Å². The van der Waals surface area contributed by atoms with E-state index in [0.29, 0.717) is 53.4 Å². The number of aromatic nitrogens is 5. The van der Waals surface area contributed by atoms with E-state index in [1.165, 1.54) is 30.3 Å². The Hall–Kier alpha value is -4.58. The van der Waals surface area contributed by atoms with Gasteiger partial charge < -0.3 is 25.4 Å². The number of anilines is 3. The first-order valence-corrected chi connectivity index (χ1v) is 12.6. The molecule has 1 aliphatic heterocycles. The molecule has 4 aromatic rings. The molecule has 0 saturated carbocycles. The zero-order valence-electron chi connectivity index (χ0n) is 21.8. The summed E-state index contributed by atoms with van der Waals surface area (Å²) in [6.07, 6.45) is 7.17. The van der Waals surface area contributed by atoms with E-state index in [-0.39, 0.29) is 17.7 Å². The standard InChI is InChI=1S/C27H30FN9O2/c1-4-22(38)36-10-9-19(15-36)31-26-23-21(24(39)17-5-7-18(28)8-6-17)14-29-25(23)33-27(34-26)32-20-13-30-37(16-20)12-11-35(2)3/h4-8,13-14,16,19H,1,9-12,15H2,2-3H3,(H3,29,31,32,33,34)/t19-/m1/s1. The van der Waals surface area contributed by atoms with Crippen LogP contribution in [0.2, 0.25) is 0 Å². The molecule has 1 fully saturated rings. The number of fused-ring (bicyclic) bond motifs is 1. The minimum absolute atomic E-state index is 0.0858. The quantitative estimate of drug-likeness (QED) is 0.211. The average molecular weight is 532 g/mol. The molecule has 1 amide bonds. The lowest BCUT2D eigenvalue weighted by atomic mass is 10.0. The number of amides is 1. The molecular formula is C27H30FN9O2. The number of nitrogens with zero attached hydrogens (tertiary/aromatic N) is 6. The van der Waals surface area contributed by atoms with Gasteiger partial charge in [0.25, 0.3) is 0 Å². The number of rotatable bonds is 10. The number of aromatic amines is 1. The van der Waals surface area contributed by atoms with Gasteiger partial charge in [-0.05, 0) is 50.9 Å². The van der Waals surface area contributed by atoms with Gasteiger partial charge in [-0.15, -0.1) is 0 Å². The fourth-order valence-electron chi connectivity index (χ4n) is 4.51. The van der Waals surface area contributed by atoms with Crippen LogP contribution in [0.3, 0.4) is 0 Å². The summed E-state index contributed by atoms with van der Waals surface area (Å²) in [5.41, 5.74) is 1.88. The molecule has 202 valence electrons. The summed E-state index contributed by atoms with van der Waals surface area (Å²) >= 11 is 0. The average Bonchev–Trinajstić information content (AvgIpc) is 3.67. The molecule has 0 aliphatic carbocycles. The molecule has 11 nitrogen and oxygen atoms in total. The summed E-state index contributed by atoms with van der Waals surface area (Å²) in [6, 6.07) is 5.32. The van der Waals surface area contributed by atoms with Crippen LogP contribution in [0.15, 0.2) is 55.5 Å². The molecule has 39 heavy (non-hydrogen) atoms. The first-order valence-electron chi connectivity index (χ1n) is 12.6. The van der Waals surface area contributed by atoms with Crippen LogP contribution in [0.4, 0.5) is 21.8 Å². The second kappa shape index (κ2) is 11.0. The van der Waals surface area contributed by atoms with Crippen molar-refractivity contribution in [1.82, 2.24) is 34.5 Å². The van der Waals surface area contributed by atoms with Crippen molar-refractivity contribution in [3.05, 3.63) is 72.5 Å². The maximum absolute atomic E-state index is 13.5. The number of carbonyl (C=O) groups excluding carboxylic acids is 2. The molecule has 1 atom stereocenters. The van der Waals surface area contributed by atoms with Gasteiger partial charge in [-0.1, -0.05) is 6.58 Å². The number of halogens is 1. The Kier molecular flexibility index (Phi) is 7.37. The maximum Gasteiger partial charge on any atom is 0.246 e. The molecule has 0 unspecified atom stereocenters. The fraction of sp³-hybridized carbons (Fsp3) is 0.296. The van der Waals surface area contributed by atoms with Crippen molar-refractivity contribution in [3.63, 3.8) is 0 Å². The first-order chi connectivity index (χ1) is 18.8. The summed E-state index contributed by atoms with van der Waals surface area (Å²) in [6.45, 7) is 6.21. The maximum atomic E-state index is 13.5. The summed E-state index contributed by atoms with van der Waals surface area (Å²) in [7, 11) is 4.01. The van der Waals surface area contributed by atoms with Crippen LogP contribution in [0.25, 0.3) is 11.0 Å². The van der Waals surface area contributed by atoms with E-state index in [4.69, 9.17) is 4.98 Å². The predicted molar refractivity (Wildman–Crippen MR) is 147 cm³/mol. The SMILES string of the molecule is C=CC(=O)N1CC[C@@H](Nc2nc(Nc3cnn(CCN(C)C)c3)nc3[nH]cc(C(=O)c4ccc(F)cc4)c23)C1. The Morgan fingerprint density at radius 3 is 2.79 bits per heavy atom. The highest BCUT2D eigenvalue weighted by Crippen LogP contribution is 2.30. The van der Waals surface area contributed by atoms with E-state index in [1.807, 2.05) is 25.0 Å². The molecule has 1 saturated heterocycles. The van der Waals surface area contributed by atoms with Crippen molar-refractivity contribution in [1.29, 1.82) is 0 Å². The second-order valence-corrected chi connectivity index (χ2v) is 9.70. The van der Waals surface area contributed by atoms with Crippen LogP contribution in [-0.4, -0.2) is 86.0 Å². The highest BCUT2D eigenvalue weighted by Gasteiger charge is 2.27. The van der Waals surface area contributed by atoms with Gasteiger partial charge in [0.15, 0.2) is 5.78 Å². The summed E-state index contributed by atoms with van der Waals surface area (Å²) in [5, 5.41) is 11.5. The van der Waals surface area contributed by atoms with Crippen LogP contribution < -0.4 is 10.6 Å². The Labute approximate surface area is 224 Å². The molecular weight excluding hydrogens is 501 g/mol. The molecule has 3 aromatic heterocycles. The minimum atomic E-state index is -0.420. The van der Waals surface area contributed by atoms with Crippen LogP contribution in [0.5, 0.6) is 0 Å². The molecule has 1 aromatic carbocycles. The molecule has 1 aliphatic rings. The molecule has 3 N–H and O–H groups in total. The number of ketones is 1. The molecule has 5 rings (SSSR count). The van der Waals surface area contributed by atoms with Gasteiger partial charge in [-0.25, -0.2) is 4.39 Å². The molecule has 4 heterocycles.